The molecule has 3 heterocycles. The van der Waals surface area contributed by atoms with E-state index in [-0.39, 0.29) is 5.69 Å². The van der Waals surface area contributed by atoms with Crippen molar-refractivity contribution in [2.75, 3.05) is 0 Å². The van der Waals surface area contributed by atoms with Crippen LogP contribution in [0.4, 0.5) is 0 Å². The summed E-state index contributed by atoms with van der Waals surface area (Å²) in [7, 11) is 1.79. The maximum atomic E-state index is 12.4. The Morgan fingerprint density at radius 3 is 2.76 bits per heavy atom. The smallest absolute Gasteiger partial charge is 0.295 e. The van der Waals surface area contributed by atoms with Crippen molar-refractivity contribution in [2.45, 2.75) is 6.54 Å². The van der Waals surface area contributed by atoms with Gasteiger partial charge in [-0.3, -0.25) is 9.13 Å². The van der Waals surface area contributed by atoms with E-state index >= 15 is 0 Å². The van der Waals surface area contributed by atoms with Crippen LogP contribution in [0.2, 0.25) is 0 Å². The number of aromatic nitrogens is 4. The van der Waals surface area contributed by atoms with E-state index in [0.717, 1.165) is 26.4 Å². The van der Waals surface area contributed by atoms with Crippen LogP contribution in [-0.2, 0) is 13.6 Å². The van der Waals surface area contributed by atoms with Crippen LogP contribution >= 0.6 is 11.3 Å². The highest BCUT2D eigenvalue weighted by Gasteiger charge is 2.12. The molecule has 0 saturated heterocycles. The lowest BCUT2D eigenvalue weighted by atomic mass is 10.3. The predicted molar refractivity (Wildman–Crippen MR) is 83.7 cm³/mol. The number of rotatable bonds is 2. The van der Waals surface area contributed by atoms with Crippen molar-refractivity contribution >= 4 is 32.7 Å². The fourth-order valence-electron chi connectivity index (χ4n) is 2.53. The average molecular weight is 296 g/mol. The highest BCUT2D eigenvalue weighted by molar-refractivity contribution is 7.18. The SMILES string of the molecule is Cn1c(=O)n(Cc2nc3cccnc3s2)c2ccccc21. The normalized spacial score (nSPS) is 11.5. The molecule has 1 aromatic carbocycles. The van der Waals surface area contributed by atoms with Crippen molar-refractivity contribution in [2.24, 2.45) is 7.05 Å². The number of hydrogen-bond donors (Lipinski definition) is 0. The molecule has 5 nitrogen and oxygen atoms in total. The molecule has 0 amide bonds. The van der Waals surface area contributed by atoms with Crippen LogP contribution in [-0.4, -0.2) is 19.1 Å². The van der Waals surface area contributed by atoms with Crippen molar-refractivity contribution in [3.63, 3.8) is 0 Å². The van der Waals surface area contributed by atoms with Gasteiger partial charge in [-0.25, -0.2) is 14.8 Å². The molecule has 3 aromatic heterocycles. The first kappa shape index (κ1) is 12.3. The minimum absolute atomic E-state index is 0.0246. The zero-order chi connectivity index (χ0) is 14.4. The van der Waals surface area contributed by atoms with Crippen molar-refractivity contribution in [3.05, 3.63) is 58.1 Å². The maximum Gasteiger partial charge on any atom is 0.329 e. The Morgan fingerprint density at radius 1 is 1.14 bits per heavy atom. The van der Waals surface area contributed by atoms with E-state index in [2.05, 4.69) is 9.97 Å². The van der Waals surface area contributed by atoms with Gasteiger partial charge in [0.1, 0.15) is 15.4 Å². The Labute approximate surface area is 124 Å². The minimum Gasteiger partial charge on any atom is -0.295 e. The molecule has 0 spiro atoms. The van der Waals surface area contributed by atoms with Crippen LogP contribution in [0.5, 0.6) is 0 Å². The number of pyridine rings is 1. The van der Waals surface area contributed by atoms with Gasteiger partial charge in [-0.2, -0.15) is 0 Å². The van der Waals surface area contributed by atoms with Gasteiger partial charge in [-0.15, -0.1) is 0 Å². The Bertz CT molecular complexity index is 978. The molecule has 0 saturated carbocycles. The van der Waals surface area contributed by atoms with Crippen molar-refractivity contribution in [1.29, 1.82) is 0 Å². The van der Waals surface area contributed by atoms with Crippen molar-refractivity contribution in [1.82, 2.24) is 19.1 Å². The fourth-order valence-corrected chi connectivity index (χ4v) is 3.43. The summed E-state index contributed by atoms with van der Waals surface area (Å²) in [5.74, 6) is 0. The number of aryl methyl sites for hydroxylation is 1. The predicted octanol–water partition coefficient (Wildman–Crippen LogP) is 2.39. The van der Waals surface area contributed by atoms with Gasteiger partial charge in [0, 0.05) is 13.2 Å². The third kappa shape index (κ3) is 1.87. The first-order valence-corrected chi connectivity index (χ1v) is 7.40. The number of fused-ring (bicyclic) bond motifs is 2. The standard InChI is InChI=1S/C15H12N4OS/c1-18-11-6-2-3-7-12(11)19(15(18)20)9-13-17-10-5-4-8-16-14(10)21-13/h2-8H,9H2,1H3. The van der Waals surface area contributed by atoms with Gasteiger partial charge >= 0.3 is 5.69 Å². The zero-order valence-corrected chi connectivity index (χ0v) is 12.2. The number of benzene rings is 1. The molecule has 0 fully saturated rings. The van der Waals surface area contributed by atoms with Crippen LogP contribution < -0.4 is 5.69 Å². The molecule has 104 valence electrons. The van der Waals surface area contributed by atoms with Crippen LogP contribution in [0.3, 0.4) is 0 Å². The molecule has 0 N–H and O–H groups in total. The molecule has 0 aliphatic carbocycles. The quantitative estimate of drug-likeness (QED) is 0.571. The van der Waals surface area contributed by atoms with Gasteiger partial charge < -0.3 is 0 Å². The third-order valence-corrected chi connectivity index (χ3v) is 4.52. The molecule has 0 unspecified atom stereocenters. The van der Waals surface area contributed by atoms with Crippen LogP contribution in [0.15, 0.2) is 47.4 Å². The highest BCUT2D eigenvalue weighted by Crippen LogP contribution is 2.21. The summed E-state index contributed by atoms with van der Waals surface area (Å²) >= 11 is 1.53. The van der Waals surface area contributed by atoms with E-state index < -0.39 is 0 Å². The van der Waals surface area contributed by atoms with Gasteiger partial charge in [0.2, 0.25) is 0 Å². The molecule has 4 rings (SSSR count). The monoisotopic (exact) mass is 296 g/mol. The zero-order valence-electron chi connectivity index (χ0n) is 11.4. The molecule has 0 aliphatic heterocycles. The molecule has 0 aliphatic rings. The number of para-hydroxylation sites is 2. The number of nitrogens with zero attached hydrogens (tertiary/aromatic N) is 4. The summed E-state index contributed by atoms with van der Waals surface area (Å²) in [6.07, 6.45) is 1.76. The second-order valence-electron chi connectivity index (χ2n) is 4.85. The average Bonchev–Trinajstić information content (AvgIpc) is 3.02. The molecule has 0 atom stereocenters. The third-order valence-electron chi connectivity index (χ3n) is 3.56. The van der Waals surface area contributed by atoms with Crippen LogP contribution in [0, 0.1) is 0 Å². The summed E-state index contributed by atoms with van der Waals surface area (Å²) in [4.78, 5) is 22.1. The summed E-state index contributed by atoms with van der Waals surface area (Å²) in [6, 6.07) is 11.6. The van der Waals surface area contributed by atoms with E-state index in [0.29, 0.717) is 6.54 Å². The van der Waals surface area contributed by atoms with Crippen molar-refractivity contribution in [3.8, 4) is 0 Å². The largest absolute Gasteiger partial charge is 0.329 e. The molecular formula is C15H12N4OS. The lowest BCUT2D eigenvalue weighted by Crippen LogP contribution is -2.22. The van der Waals surface area contributed by atoms with E-state index in [4.69, 9.17) is 0 Å². The first-order valence-electron chi connectivity index (χ1n) is 6.59. The summed E-state index contributed by atoms with van der Waals surface area (Å²) in [6.45, 7) is 0.473. The number of thiazole rings is 1. The van der Waals surface area contributed by atoms with Gasteiger partial charge in [-0.05, 0) is 24.3 Å². The highest BCUT2D eigenvalue weighted by atomic mass is 32.1. The van der Waals surface area contributed by atoms with E-state index in [1.807, 2.05) is 36.4 Å². The summed E-state index contributed by atoms with van der Waals surface area (Å²) in [5, 5.41) is 0.891. The lowest BCUT2D eigenvalue weighted by Gasteiger charge is -1.99. The summed E-state index contributed by atoms with van der Waals surface area (Å²) in [5.41, 5.74) is 2.72. The Kier molecular flexibility index (Phi) is 2.65. The molecule has 21 heavy (non-hydrogen) atoms. The Balaban J connectivity index is 1.87. The van der Waals surface area contributed by atoms with Gasteiger partial charge in [-0.1, -0.05) is 23.5 Å². The van der Waals surface area contributed by atoms with E-state index in [9.17, 15) is 4.79 Å². The topological polar surface area (TPSA) is 52.7 Å². The lowest BCUT2D eigenvalue weighted by molar-refractivity contribution is 0.733. The number of hydrogen-bond acceptors (Lipinski definition) is 4. The Morgan fingerprint density at radius 2 is 1.95 bits per heavy atom. The van der Waals surface area contributed by atoms with E-state index in [1.54, 1.807) is 22.4 Å². The first-order chi connectivity index (χ1) is 10.2. The van der Waals surface area contributed by atoms with Gasteiger partial charge in [0.05, 0.1) is 17.6 Å². The van der Waals surface area contributed by atoms with E-state index in [1.165, 1.54) is 11.3 Å². The number of imidazole rings is 1. The maximum absolute atomic E-state index is 12.4. The van der Waals surface area contributed by atoms with Gasteiger partial charge in [0.15, 0.2) is 0 Å². The summed E-state index contributed by atoms with van der Waals surface area (Å²) < 4.78 is 3.42. The molecule has 4 aromatic rings. The molecule has 6 heteroatoms. The van der Waals surface area contributed by atoms with Gasteiger partial charge in [0.25, 0.3) is 0 Å². The molecular weight excluding hydrogens is 284 g/mol. The van der Waals surface area contributed by atoms with Crippen molar-refractivity contribution < 1.29 is 0 Å². The Hall–Kier alpha value is -2.47. The van der Waals surface area contributed by atoms with Crippen LogP contribution in [0.1, 0.15) is 5.01 Å². The molecule has 0 radical (unpaired) electrons. The second kappa shape index (κ2) is 4.53. The molecule has 0 bridgehead atoms. The second-order valence-corrected chi connectivity index (χ2v) is 5.91. The fraction of sp³-hybridized carbons (Fsp3) is 0.133. The van der Waals surface area contributed by atoms with Crippen LogP contribution in [0.25, 0.3) is 21.4 Å². The minimum atomic E-state index is -0.0246.